The number of hydrogen-bond acceptors (Lipinski definition) is 2. The van der Waals surface area contributed by atoms with E-state index in [1.54, 1.807) is 12.1 Å². The highest BCUT2D eigenvalue weighted by Crippen LogP contribution is 2.28. The summed E-state index contributed by atoms with van der Waals surface area (Å²) in [5, 5.41) is 0.850. The maximum absolute atomic E-state index is 13.3. The number of halogens is 3. The molecule has 1 atom stereocenters. The van der Waals surface area contributed by atoms with Crippen molar-refractivity contribution in [3.8, 4) is 0 Å². The van der Waals surface area contributed by atoms with Crippen LogP contribution in [0.5, 0.6) is 0 Å². The Balaban J connectivity index is 2.05. The van der Waals surface area contributed by atoms with Crippen molar-refractivity contribution >= 4 is 11.0 Å². The molecule has 0 fully saturated rings. The lowest BCUT2D eigenvalue weighted by Gasteiger charge is -2.09. The Kier molecular flexibility index (Phi) is 3.22. The first kappa shape index (κ1) is 13.7. The van der Waals surface area contributed by atoms with Crippen molar-refractivity contribution in [1.82, 2.24) is 0 Å². The van der Waals surface area contributed by atoms with E-state index in [0.29, 0.717) is 11.3 Å². The van der Waals surface area contributed by atoms with Crippen molar-refractivity contribution in [2.45, 2.75) is 13.0 Å². The molecule has 2 nitrogen and oxygen atoms in total. The van der Waals surface area contributed by atoms with Gasteiger partial charge in [0, 0.05) is 5.39 Å². The highest BCUT2D eigenvalue weighted by Gasteiger charge is 2.19. The molecule has 5 heteroatoms. The van der Waals surface area contributed by atoms with Crippen molar-refractivity contribution in [2.75, 3.05) is 0 Å². The van der Waals surface area contributed by atoms with E-state index in [0.717, 1.165) is 23.1 Å². The normalized spacial score (nSPS) is 12.8. The van der Waals surface area contributed by atoms with E-state index in [9.17, 15) is 13.2 Å². The molecule has 1 aromatic heterocycles. The second-order valence-electron chi connectivity index (χ2n) is 4.97. The second-order valence-corrected chi connectivity index (χ2v) is 4.97. The molecule has 2 aromatic carbocycles. The number of rotatable bonds is 2. The largest absolute Gasteiger partial charge is 0.459 e. The Morgan fingerprint density at radius 3 is 2.33 bits per heavy atom. The van der Waals surface area contributed by atoms with Gasteiger partial charge in [-0.3, -0.25) is 0 Å². The zero-order valence-electron chi connectivity index (χ0n) is 11.2. The highest BCUT2D eigenvalue weighted by molar-refractivity contribution is 5.78. The molecule has 0 saturated heterocycles. The van der Waals surface area contributed by atoms with Gasteiger partial charge < -0.3 is 10.2 Å². The zero-order valence-corrected chi connectivity index (χ0v) is 11.2. The van der Waals surface area contributed by atoms with E-state index < -0.39 is 23.5 Å². The lowest BCUT2D eigenvalue weighted by molar-refractivity contribution is 0.442. The molecule has 1 heterocycles. The first-order valence-corrected chi connectivity index (χ1v) is 6.36. The van der Waals surface area contributed by atoms with Gasteiger partial charge in [0.15, 0.2) is 17.5 Å². The summed E-state index contributed by atoms with van der Waals surface area (Å²) >= 11 is 0. The second kappa shape index (κ2) is 4.93. The third-order valence-corrected chi connectivity index (χ3v) is 3.36. The van der Waals surface area contributed by atoms with Gasteiger partial charge in [-0.15, -0.1) is 0 Å². The summed E-state index contributed by atoms with van der Waals surface area (Å²) in [5.41, 5.74) is 7.76. The Hall–Kier alpha value is -2.27. The molecule has 0 aliphatic carbocycles. The van der Waals surface area contributed by atoms with Crippen LogP contribution in [0.25, 0.3) is 11.0 Å². The van der Waals surface area contributed by atoms with Crippen LogP contribution in [0.1, 0.15) is 22.9 Å². The maximum atomic E-state index is 13.3. The van der Waals surface area contributed by atoms with Crippen LogP contribution < -0.4 is 5.73 Å². The van der Waals surface area contributed by atoms with E-state index in [1.807, 2.05) is 19.1 Å². The predicted octanol–water partition coefficient (Wildman–Crippen LogP) is 4.21. The predicted molar refractivity (Wildman–Crippen MR) is 73.3 cm³/mol. The summed E-state index contributed by atoms with van der Waals surface area (Å²) in [5.74, 6) is -3.69. The molecule has 3 rings (SSSR count). The van der Waals surface area contributed by atoms with Crippen molar-refractivity contribution in [1.29, 1.82) is 0 Å². The van der Waals surface area contributed by atoms with Crippen molar-refractivity contribution < 1.29 is 17.6 Å². The SMILES string of the molecule is Cc1ccc2oc(C(N)c3cc(F)c(F)c(F)c3)cc2c1. The standard InChI is InChI=1S/C16H12F3NO/c1-8-2-3-13-9(4-8)7-14(21-13)16(20)10-5-11(17)15(19)12(18)6-10/h2-7,16H,20H2,1H3. The fourth-order valence-electron chi connectivity index (χ4n) is 2.26. The fourth-order valence-corrected chi connectivity index (χ4v) is 2.26. The molecule has 0 saturated carbocycles. The van der Waals surface area contributed by atoms with E-state index >= 15 is 0 Å². The Morgan fingerprint density at radius 2 is 1.67 bits per heavy atom. The molecule has 108 valence electrons. The quantitative estimate of drug-likeness (QED) is 0.718. The van der Waals surface area contributed by atoms with Gasteiger partial charge in [0.2, 0.25) is 0 Å². The van der Waals surface area contributed by atoms with Crippen molar-refractivity contribution in [3.63, 3.8) is 0 Å². The van der Waals surface area contributed by atoms with Gasteiger partial charge in [0.25, 0.3) is 0 Å². The average Bonchev–Trinajstić information content (AvgIpc) is 2.86. The minimum absolute atomic E-state index is 0.113. The van der Waals surface area contributed by atoms with Gasteiger partial charge in [-0.25, -0.2) is 13.2 Å². The number of hydrogen-bond donors (Lipinski definition) is 1. The van der Waals surface area contributed by atoms with Gasteiger partial charge in [-0.1, -0.05) is 11.6 Å². The number of aryl methyl sites for hydroxylation is 1. The molecule has 1 unspecified atom stereocenters. The summed E-state index contributed by atoms with van der Waals surface area (Å²) in [7, 11) is 0. The van der Waals surface area contributed by atoms with Crippen LogP contribution in [-0.2, 0) is 0 Å². The molecule has 0 aliphatic rings. The van der Waals surface area contributed by atoms with Crippen molar-refractivity contribution in [3.05, 3.63) is 70.7 Å². The van der Waals surface area contributed by atoms with E-state index in [4.69, 9.17) is 10.2 Å². The summed E-state index contributed by atoms with van der Waals surface area (Å²) in [6.45, 7) is 1.94. The third-order valence-electron chi connectivity index (χ3n) is 3.36. The molecule has 3 aromatic rings. The number of benzene rings is 2. The Morgan fingerprint density at radius 1 is 1.00 bits per heavy atom. The Bertz CT molecular complexity index is 802. The number of fused-ring (bicyclic) bond motifs is 1. The van der Waals surface area contributed by atoms with Crippen LogP contribution in [0.4, 0.5) is 13.2 Å². The van der Waals surface area contributed by atoms with Crippen LogP contribution >= 0.6 is 0 Å². The number of furan rings is 1. The molecule has 21 heavy (non-hydrogen) atoms. The van der Waals surface area contributed by atoms with Crippen molar-refractivity contribution in [2.24, 2.45) is 5.73 Å². The van der Waals surface area contributed by atoms with Crippen LogP contribution in [0.2, 0.25) is 0 Å². The molecule has 0 aliphatic heterocycles. The van der Waals surface area contributed by atoms with Gasteiger partial charge >= 0.3 is 0 Å². The van der Waals surface area contributed by atoms with Crippen LogP contribution in [-0.4, -0.2) is 0 Å². The first-order valence-electron chi connectivity index (χ1n) is 6.36. The number of nitrogens with two attached hydrogens (primary N) is 1. The molecular formula is C16H12F3NO. The topological polar surface area (TPSA) is 39.2 Å². The smallest absolute Gasteiger partial charge is 0.194 e. The molecule has 0 spiro atoms. The summed E-state index contributed by atoms with van der Waals surface area (Å²) in [6.07, 6.45) is 0. The molecule has 0 amide bonds. The molecular weight excluding hydrogens is 279 g/mol. The molecule has 0 radical (unpaired) electrons. The van der Waals surface area contributed by atoms with Crippen LogP contribution in [0, 0.1) is 24.4 Å². The van der Waals surface area contributed by atoms with Crippen LogP contribution in [0.3, 0.4) is 0 Å². The lowest BCUT2D eigenvalue weighted by Crippen LogP contribution is -2.12. The monoisotopic (exact) mass is 291 g/mol. The van der Waals surface area contributed by atoms with Gasteiger partial charge in [-0.2, -0.15) is 0 Å². The lowest BCUT2D eigenvalue weighted by atomic mass is 10.0. The van der Waals surface area contributed by atoms with E-state index in [2.05, 4.69) is 0 Å². The molecule has 2 N–H and O–H groups in total. The van der Waals surface area contributed by atoms with E-state index in [-0.39, 0.29) is 5.56 Å². The summed E-state index contributed by atoms with van der Waals surface area (Å²) in [6, 6.07) is 8.20. The first-order chi connectivity index (χ1) is 9.95. The highest BCUT2D eigenvalue weighted by atomic mass is 19.2. The minimum Gasteiger partial charge on any atom is -0.459 e. The summed E-state index contributed by atoms with van der Waals surface area (Å²) in [4.78, 5) is 0. The zero-order chi connectivity index (χ0) is 15.1. The fraction of sp³-hybridized carbons (Fsp3) is 0.125. The summed E-state index contributed by atoms with van der Waals surface area (Å²) < 4.78 is 45.1. The van der Waals surface area contributed by atoms with E-state index in [1.165, 1.54) is 0 Å². The average molecular weight is 291 g/mol. The Labute approximate surface area is 119 Å². The third kappa shape index (κ3) is 2.40. The minimum atomic E-state index is -1.51. The van der Waals surface area contributed by atoms with Crippen LogP contribution in [0.15, 0.2) is 40.8 Å². The van der Waals surface area contributed by atoms with Gasteiger partial charge in [-0.05, 0) is 42.8 Å². The maximum Gasteiger partial charge on any atom is 0.194 e. The van der Waals surface area contributed by atoms with Gasteiger partial charge in [0.05, 0.1) is 6.04 Å². The molecule has 0 bridgehead atoms. The van der Waals surface area contributed by atoms with Gasteiger partial charge in [0.1, 0.15) is 11.3 Å².